The summed E-state index contributed by atoms with van der Waals surface area (Å²) in [5.74, 6) is -0.224. The van der Waals surface area contributed by atoms with E-state index in [-0.39, 0.29) is 6.42 Å². The van der Waals surface area contributed by atoms with Crippen molar-refractivity contribution < 1.29 is 14.6 Å². The van der Waals surface area contributed by atoms with Crippen LogP contribution < -0.4 is 4.74 Å². The van der Waals surface area contributed by atoms with E-state index in [1.807, 2.05) is 73.7 Å². The van der Waals surface area contributed by atoms with Gasteiger partial charge in [0.15, 0.2) is 0 Å². The summed E-state index contributed by atoms with van der Waals surface area (Å²) in [4.78, 5) is 11.7. The number of aliphatic carboxylic acids is 1. The Morgan fingerprint density at radius 3 is 2.21 bits per heavy atom. The first-order chi connectivity index (χ1) is 16.1. The SMILES string of the molecule is Cc1cc(CC(=O)O)c(OCc2ccccc2)c2c1c1ccccc1n2Cc1ccccc1. The Kier molecular flexibility index (Phi) is 5.57. The molecule has 0 fully saturated rings. The second-order valence-corrected chi connectivity index (χ2v) is 8.34. The highest BCUT2D eigenvalue weighted by Crippen LogP contribution is 2.40. The standard InChI is InChI=1S/C29H25NO3/c1-20-16-23(17-26(31)32)29(33-19-22-12-6-3-7-13-22)28-27(20)24-14-8-9-15-25(24)30(28)18-21-10-4-2-5-11-21/h2-16H,17-19H2,1H3,(H,31,32). The van der Waals surface area contributed by atoms with Gasteiger partial charge in [-0.15, -0.1) is 0 Å². The lowest BCUT2D eigenvalue weighted by Crippen LogP contribution is -2.08. The highest BCUT2D eigenvalue weighted by Gasteiger charge is 2.21. The fourth-order valence-corrected chi connectivity index (χ4v) is 4.61. The molecule has 0 atom stereocenters. The van der Waals surface area contributed by atoms with Crippen molar-refractivity contribution in [2.75, 3.05) is 0 Å². The van der Waals surface area contributed by atoms with Crippen LogP contribution in [0, 0.1) is 6.92 Å². The second-order valence-electron chi connectivity index (χ2n) is 8.34. The molecule has 0 radical (unpaired) electrons. The first-order valence-electron chi connectivity index (χ1n) is 11.1. The van der Waals surface area contributed by atoms with Crippen LogP contribution in [0.25, 0.3) is 21.8 Å². The molecule has 33 heavy (non-hydrogen) atoms. The maximum atomic E-state index is 11.7. The number of carboxylic acid groups (broad SMARTS) is 1. The number of nitrogens with zero attached hydrogens (tertiary/aromatic N) is 1. The van der Waals surface area contributed by atoms with Gasteiger partial charge in [-0.25, -0.2) is 0 Å². The van der Waals surface area contributed by atoms with Crippen LogP contribution in [0.4, 0.5) is 0 Å². The molecule has 0 unspecified atom stereocenters. The fraction of sp³-hybridized carbons (Fsp3) is 0.138. The molecule has 1 aromatic heterocycles. The van der Waals surface area contributed by atoms with Crippen molar-refractivity contribution in [3.05, 3.63) is 113 Å². The highest BCUT2D eigenvalue weighted by molar-refractivity contribution is 6.12. The van der Waals surface area contributed by atoms with Crippen molar-refractivity contribution in [1.29, 1.82) is 0 Å². The van der Waals surface area contributed by atoms with Gasteiger partial charge in [0.2, 0.25) is 0 Å². The van der Waals surface area contributed by atoms with Crippen molar-refractivity contribution in [2.24, 2.45) is 0 Å². The lowest BCUT2D eigenvalue weighted by Gasteiger charge is -2.17. The zero-order valence-corrected chi connectivity index (χ0v) is 18.5. The van der Waals surface area contributed by atoms with Gasteiger partial charge in [-0.3, -0.25) is 4.79 Å². The summed E-state index contributed by atoms with van der Waals surface area (Å²) in [6.07, 6.45) is -0.0895. The number of carbonyl (C=O) groups is 1. The molecular formula is C29H25NO3. The summed E-state index contributed by atoms with van der Waals surface area (Å²) in [5, 5.41) is 11.9. The van der Waals surface area contributed by atoms with E-state index in [1.54, 1.807) is 0 Å². The van der Waals surface area contributed by atoms with Crippen LogP contribution in [0.1, 0.15) is 22.3 Å². The molecule has 4 aromatic carbocycles. The predicted octanol–water partition coefficient (Wildman–Crippen LogP) is 6.36. The molecule has 5 rings (SSSR count). The molecule has 0 spiro atoms. The third-order valence-electron chi connectivity index (χ3n) is 6.01. The summed E-state index contributed by atoms with van der Waals surface area (Å²) in [5.41, 5.74) is 6.02. The third-order valence-corrected chi connectivity index (χ3v) is 6.01. The van der Waals surface area contributed by atoms with E-state index in [9.17, 15) is 9.90 Å². The Hall–Kier alpha value is -4.05. The van der Waals surface area contributed by atoms with Crippen LogP contribution in [0.3, 0.4) is 0 Å². The van der Waals surface area contributed by atoms with E-state index in [2.05, 4.69) is 28.8 Å². The molecular weight excluding hydrogens is 410 g/mol. The number of benzene rings is 4. The highest BCUT2D eigenvalue weighted by atomic mass is 16.5. The number of aromatic nitrogens is 1. The number of aryl methyl sites for hydroxylation is 1. The first kappa shape index (κ1) is 20.8. The van der Waals surface area contributed by atoms with E-state index in [4.69, 9.17) is 4.74 Å². The molecule has 0 bridgehead atoms. The fourth-order valence-electron chi connectivity index (χ4n) is 4.61. The van der Waals surface area contributed by atoms with Gasteiger partial charge >= 0.3 is 5.97 Å². The van der Waals surface area contributed by atoms with Gasteiger partial charge in [0.1, 0.15) is 12.4 Å². The van der Waals surface area contributed by atoms with Crippen LogP contribution in [0.5, 0.6) is 5.75 Å². The van der Waals surface area contributed by atoms with Gasteiger partial charge in [-0.1, -0.05) is 84.9 Å². The number of para-hydroxylation sites is 1. The second kappa shape index (κ2) is 8.83. The van der Waals surface area contributed by atoms with Crippen LogP contribution in [0.2, 0.25) is 0 Å². The van der Waals surface area contributed by atoms with E-state index >= 15 is 0 Å². The maximum absolute atomic E-state index is 11.7. The van der Waals surface area contributed by atoms with Crippen molar-refractivity contribution >= 4 is 27.8 Å². The predicted molar refractivity (Wildman–Crippen MR) is 132 cm³/mol. The average molecular weight is 436 g/mol. The van der Waals surface area contributed by atoms with Gasteiger partial charge in [-0.05, 0) is 29.7 Å². The summed E-state index contributed by atoms with van der Waals surface area (Å²) in [6, 6.07) is 30.6. The van der Waals surface area contributed by atoms with Gasteiger partial charge in [-0.2, -0.15) is 0 Å². The number of hydrogen-bond donors (Lipinski definition) is 1. The van der Waals surface area contributed by atoms with Crippen LogP contribution in [-0.4, -0.2) is 15.6 Å². The Labute approximate surface area is 192 Å². The summed E-state index contributed by atoms with van der Waals surface area (Å²) < 4.78 is 8.68. The monoisotopic (exact) mass is 435 g/mol. The summed E-state index contributed by atoms with van der Waals surface area (Å²) in [7, 11) is 0. The van der Waals surface area contributed by atoms with Crippen molar-refractivity contribution in [3.63, 3.8) is 0 Å². The molecule has 1 heterocycles. The number of carboxylic acids is 1. The third kappa shape index (κ3) is 4.08. The topological polar surface area (TPSA) is 51.5 Å². The van der Waals surface area contributed by atoms with Gasteiger partial charge < -0.3 is 14.4 Å². The van der Waals surface area contributed by atoms with Gasteiger partial charge in [0.05, 0.1) is 11.9 Å². The largest absolute Gasteiger partial charge is 0.486 e. The zero-order chi connectivity index (χ0) is 22.8. The summed E-state index contributed by atoms with van der Waals surface area (Å²) in [6.45, 7) is 3.09. The lowest BCUT2D eigenvalue weighted by atomic mass is 10.0. The van der Waals surface area contributed by atoms with Gasteiger partial charge in [0, 0.05) is 28.4 Å². The molecule has 0 saturated heterocycles. The number of hydrogen-bond acceptors (Lipinski definition) is 2. The van der Waals surface area contributed by atoms with E-state index in [1.165, 1.54) is 5.56 Å². The minimum atomic E-state index is -0.871. The molecule has 0 aliphatic heterocycles. The van der Waals surface area contributed by atoms with Gasteiger partial charge in [0.25, 0.3) is 0 Å². The molecule has 4 heteroatoms. The maximum Gasteiger partial charge on any atom is 0.307 e. The number of fused-ring (bicyclic) bond motifs is 3. The minimum Gasteiger partial charge on any atom is -0.486 e. The first-order valence-corrected chi connectivity index (χ1v) is 11.1. The van der Waals surface area contributed by atoms with Crippen molar-refractivity contribution in [2.45, 2.75) is 26.5 Å². The average Bonchev–Trinajstić information content (AvgIpc) is 3.14. The normalized spacial score (nSPS) is 11.2. The van der Waals surface area contributed by atoms with Crippen LogP contribution in [0.15, 0.2) is 91.0 Å². The molecule has 0 amide bonds. The van der Waals surface area contributed by atoms with Crippen molar-refractivity contribution in [1.82, 2.24) is 4.57 Å². The van der Waals surface area contributed by atoms with Crippen LogP contribution in [-0.2, 0) is 24.4 Å². The zero-order valence-electron chi connectivity index (χ0n) is 18.5. The van der Waals surface area contributed by atoms with E-state index in [0.29, 0.717) is 24.5 Å². The Morgan fingerprint density at radius 1 is 0.879 bits per heavy atom. The van der Waals surface area contributed by atoms with Crippen molar-refractivity contribution in [3.8, 4) is 5.75 Å². The number of rotatable bonds is 7. The molecule has 1 N–H and O–H groups in total. The summed E-state index contributed by atoms with van der Waals surface area (Å²) >= 11 is 0. The molecule has 0 aliphatic rings. The smallest absolute Gasteiger partial charge is 0.307 e. The Balaban J connectivity index is 1.77. The lowest BCUT2D eigenvalue weighted by molar-refractivity contribution is -0.136. The quantitative estimate of drug-likeness (QED) is 0.324. The molecule has 5 aromatic rings. The van der Waals surface area contributed by atoms with E-state index in [0.717, 1.165) is 32.9 Å². The molecule has 164 valence electrons. The molecule has 0 aliphatic carbocycles. The van der Waals surface area contributed by atoms with Crippen LogP contribution >= 0.6 is 0 Å². The number of ether oxygens (including phenoxy) is 1. The molecule has 0 saturated carbocycles. The Bertz CT molecular complexity index is 1440. The Morgan fingerprint density at radius 2 is 1.52 bits per heavy atom. The van der Waals surface area contributed by atoms with E-state index < -0.39 is 5.97 Å². The minimum absolute atomic E-state index is 0.0895. The molecule has 4 nitrogen and oxygen atoms in total.